The van der Waals surface area contributed by atoms with Crippen molar-refractivity contribution in [3.63, 3.8) is 0 Å². The summed E-state index contributed by atoms with van der Waals surface area (Å²) in [6.07, 6.45) is 12.8. The molecule has 0 spiro atoms. The van der Waals surface area contributed by atoms with Crippen LogP contribution in [0.25, 0.3) is 0 Å². The summed E-state index contributed by atoms with van der Waals surface area (Å²) in [6.45, 7) is 12.3. The second-order valence-corrected chi connectivity index (χ2v) is 8.02. The molecule has 1 atom stereocenters. The molecule has 0 aromatic rings. The molecule has 2 rings (SSSR count). The maximum Gasteiger partial charge on any atom is 0.0119 e. The van der Waals surface area contributed by atoms with Crippen LogP contribution in [0, 0.1) is 11.3 Å². The number of hydrogen-bond acceptors (Lipinski definition) is 2. The van der Waals surface area contributed by atoms with Gasteiger partial charge in [-0.1, -0.05) is 46.5 Å². The number of hydrogen-bond donors (Lipinski definition) is 1. The molecule has 1 aliphatic heterocycles. The van der Waals surface area contributed by atoms with Crippen molar-refractivity contribution in [3.8, 4) is 0 Å². The average molecular weight is 295 g/mol. The molecule has 1 unspecified atom stereocenters. The topological polar surface area (TPSA) is 15.3 Å². The zero-order chi connectivity index (χ0) is 15.1. The number of likely N-dealkylation sites (tertiary alicyclic amines) is 1. The second kappa shape index (κ2) is 8.53. The monoisotopic (exact) mass is 294 g/mol. The Morgan fingerprint density at radius 3 is 2.43 bits per heavy atom. The van der Waals surface area contributed by atoms with E-state index in [1.165, 1.54) is 84.0 Å². The van der Waals surface area contributed by atoms with Gasteiger partial charge < -0.3 is 5.32 Å². The van der Waals surface area contributed by atoms with Crippen LogP contribution in [-0.4, -0.2) is 37.1 Å². The van der Waals surface area contributed by atoms with Crippen LogP contribution >= 0.6 is 0 Å². The summed E-state index contributed by atoms with van der Waals surface area (Å²) in [5, 5.41) is 3.76. The molecule has 2 nitrogen and oxygen atoms in total. The van der Waals surface area contributed by atoms with Gasteiger partial charge in [0.25, 0.3) is 0 Å². The van der Waals surface area contributed by atoms with Crippen molar-refractivity contribution in [2.75, 3.05) is 26.2 Å². The van der Waals surface area contributed by atoms with Gasteiger partial charge in [-0.15, -0.1) is 0 Å². The molecule has 1 heterocycles. The molecule has 21 heavy (non-hydrogen) atoms. The highest BCUT2D eigenvalue weighted by atomic mass is 15.2. The molecular formula is C19H38N2. The van der Waals surface area contributed by atoms with Gasteiger partial charge in [0.05, 0.1) is 0 Å². The molecule has 1 aliphatic carbocycles. The van der Waals surface area contributed by atoms with E-state index in [1.54, 1.807) is 0 Å². The van der Waals surface area contributed by atoms with E-state index in [9.17, 15) is 0 Å². The Morgan fingerprint density at radius 1 is 1.10 bits per heavy atom. The van der Waals surface area contributed by atoms with Gasteiger partial charge in [-0.2, -0.15) is 0 Å². The Balaban J connectivity index is 2.00. The van der Waals surface area contributed by atoms with E-state index in [0.717, 1.165) is 12.0 Å². The lowest BCUT2D eigenvalue weighted by Crippen LogP contribution is -2.46. The Morgan fingerprint density at radius 2 is 1.81 bits per heavy atom. The first-order valence-corrected chi connectivity index (χ1v) is 9.62. The summed E-state index contributed by atoms with van der Waals surface area (Å²) in [5.41, 5.74) is 0.559. The molecule has 0 amide bonds. The van der Waals surface area contributed by atoms with E-state index in [2.05, 4.69) is 31.0 Å². The van der Waals surface area contributed by atoms with E-state index in [0.29, 0.717) is 5.41 Å². The van der Waals surface area contributed by atoms with Crippen molar-refractivity contribution >= 4 is 0 Å². The first kappa shape index (κ1) is 17.3. The third-order valence-electron chi connectivity index (χ3n) is 5.81. The summed E-state index contributed by atoms with van der Waals surface area (Å²) in [7, 11) is 0. The van der Waals surface area contributed by atoms with Crippen LogP contribution in [0.15, 0.2) is 0 Å². The fraction of sp³-hybridized carbons (Fsp3) is 1.00. The average Bonchev–Trinajstić information content (AvgIpc) is 2.79. The number of nitrogens with one attached hydrogen (secondary N) is 1. The zero-order valence-electron chi connectivity index (χ0n) is 14.8. The van der Waals surface area contributed by atoms with Crippen molar-refractivity contribution in [2.24, 2.45) is 11.3 Å². The molecule has 0 aromatic heterocycles. The van der Waals surface area contributed by atoms with Crippen molar-refractivity contribution < 1.29 is 0 Å². The van der Waals surface area contributed by atoms with Crippen LogP contribution in [0.3, 0.4) is 0 Å². The van der Waals surface area contributed by atoms with Gasteiger partial charge in [-0.05, 0) is 56.5 Å². The van der Waals surface area contributed by atoms with Gasteiger partial charge in [-0.3, -0.25) is 4.90 Å². The van der Waals surface area contributed by atoms with Gasteiger partial charge in [0.1, 0.15) is 0 Å². The molecule has 2 fully saturated rings. The first-order chi connectivity index (χ1) is 10.2. The van der Waals surface area contributed by atoms with Crippen LogP contribution in [0.5, 0.6) is 0 Å². The second-order valence-electron chi connectivity index (χ2n) is 8.02. The number of rotatable bonds is 7. The fourth-order valence-electron chi connectivity index (χ4n) is 4.63. The van der Waals surface area contributed by atoms with Gasteiger partial charge in [0, 0.05) is 19.1 Å². The zero-order valence-corrected chi connectivity index (χ0v) is 14.8. The van der Waals surface area contributed by atoms with Gasteiger partial charge >= 0.3 is 0 Å². The molecule has 2 aliphatic rings. The van der Waals surface area contributed by atoms with E-state index in [-0.39, 0.29) is 0 Å². The van der Waals surface area contributed by atoms with Gasteiger partial charge in [-0.25, -0.2) is 0 Å². The molecular weight excluding hydrogens is 256 g/mol. The normalized spacial score (nSPS) is 27.1. The van der Waals surface area contributed by atoms with Crippen LogP contribution in [-0.2, 0) is 0 Å². The van der Waals surface area contributed by atoms with Crippen molar-refractivity contribution in [2.45, 2.75) is 84.6 Å². The third-order valence-corrected chi connectivity index (χ3v) is 5.81. The minimum atomic E-state index is 0.559. The smallest absolute Gasteiger partial charge is 0.0119 e. The van der Waals surface area contributed by atoms with Crippen molar-refractivity contribution in [1.29, 1.82) is 0 Å². The minimum absolute atomic E-state index is 0.559. The van der Waals surface area contributed by atoms with Crippen LogP contribution in [0.4, 0.5) is 0 Å². The van der Waals surface area contributed by atoms with Crippen LogP contribution in [0.2, 0.25) is 0 Å². The van der Waals surface area contributed by atoms with Gasteiger partial charge in [0.15, 0.2) is 0 Å². The quantitative estimate of drug-likeness (QED) is 0.551. The molecule has 0 aromatic carbocycles. The minimum Gasteiger partial charge on any atom is -0.316 e. The van der Waals surface area contributed by atoms with Crippen LogP contribution in [0.1, 0.15) is 78.6 Å². The van der Waals surface area contributed by atoms with E-state index in [4.69, 9.17) is 0 Å². The van der Waals surface area contributed by atoms with E-state index in [1.807, 2.05) is 0 Å². The molecule has 1 saturated heterocycles. The largest absolute Gasteiger partial charge is 0.316 e. The van der Waals surface area contributed by atoms with E-state index < -0.39 is 0 Å². The molecule has 0 bridgehead atoms. The van der Waals surface area contributed by atoms with Gasteiger partial charge in [0.2, 0.25) is 0 Å². The first-order valence-electron chi connectivity index (χ1n) is 9.62. The van der Waals surface area contributed by atoms with Crippen molar-refractivity contribution in [1.82, 2.24) is 10.2 Å². The summed E-state index contributed by atoms with van der Waals surface area (Å²) in [5.74, 6) is 0.818. The summed E-state index contributed by atoms with van der Waals surface area (Å²) in [6, 6.07) is 0.844. The highest BCUT2D eigenvalue weighted by Gasteiger charge is 2.36. The third kappa shape index (κ3) is 4.96. The predicted molar refractivity (Wildman–Crippen MR) is 92.7 cm³/mol. The summed E-state index contributed by atoms with van der Waals surface area (Å²) < 4.78 is 0. The summed E-state index contributed by atoms with van der Waals surface area (Å²) >= 11 is 0. The van der Waals surface area contributed by atoms with Crippen molar-refractivity contribution in [3.05, 3.63) is 0 Å². The standard InChI is InChI=1S/C19H38N2/c1-4-13-20-15-19(11-7-5-6-8-12-19)16-21-14-9-10-18(21)17(2)3/h17-18,20H,4-16H2,1-3H3. The molecule has 2 heteroatoms. The highest BCUT2D eigenvalue weighted by Crippen LogP contribution is 2.38. The summed E-state index contributed by atoms with van der Waals surface area (Å²) in [4.78, 5) is 2.85. The molecule has 1 N–H and O–H groups in total. The molecule has 0 radical (unpaired) electrons. The Labute approximate surface area is 133 Å². The lowest BCUT2D eigenvalue weighted by atomic mass is 9.79. The molecule has 1 saturated carbocycles. The Kier molecular flexibility index (Phi) is 7.01. The lowest BCUT2D eigenvalue weighted by molar-refractivity contribution is 0.101. The Hall–Kier alpha value is -0.0800. The maximum atomic E-state index is 3.76. The molecule has 124 valence electrons. The Bertz CT molecular complexity index is 279. The van der Waals surface area contributed by atoms with E-state index >= 15 is 0 Å². The predicted octanol–water partition coefficient (Wildman–Crippen LogP) is 4.45. The lowest BCUT2D eigenvalue weighted by Gasteiger charge is -2.40. The highest BCUT2D eigenvalue weighted by molar-refractivity contribution is 4.91. The SMILES string of the molecule is CCCNCC1(CN2CCCC2C(C)C)CCCCCC1. The van der Waals surface area contributed by atoms with Crippen LogP contribution < -0.4 is 5.32 Å². The maximum absolute atomic E-state index is 3.76. The fourth-order valence-corrected chi connectivity index (χ4v) is 4.63. The number of nitrogens with zero attached hydrogens (tertiary/aromatic N) is 1.